The van der Waals surface area contributed by atoms with Gasteiger partial charge in [-0.15, -0.1) is 0 Å². The van der Waals surface area contributed by atoms with E-state index in [-0.39, 0.29) is 12.2 Å². The highest BCUT2D eigenvalue weighted by atomic mass is 16.6. The van der Waals surface area contributed by atoms with E-state index in [1.54, 1.807) is 4.90 Å². The van der Waals surface area contributed by atoms with Crippen molar-refractivity contribution in [2.75, 3.05) is 13.1 Å². The molecule has 2 rings (SSSR count). The fourth-order valence-electron chi connectivity index (χ4n) is 2.92. The maximum Gasteiger partial charge on any atom is 0.410 e. The van der Waals surface area contributed by atoms with Gasteiger partial charge in [-0.3, -0.25) is 0 Å². The normalized spacial score (nSPS) is 23.9. The average molecular weight is 269 g/mol. The Labute approximate surface area is 116 Å². The summed E-state index contributed by atoms with van der Waals surface area (Å²) in [6.07, 6.45) is 5.03. The van der Waals surface area contributed by atoms with Crippen LogP contribution < -0.4 is 0 Å². The molecule has 1 saturated heterocycles. The lowest BCUT2D eigenvalue weighted by molar-refractivity contribution is -0.0189. The van der Waals surface area contributed by atoms with Gasteiger partial charge in [-0.05, 0) is 58.3 Å². The second-order valence-corrected chi connectivity index (χ2v) is 6.99. The first-order valence-electron chi connectivity index (χ1n) is 7.53. The number of hydrogen-bond donors (Lipinski definition) is 1. The van der Waals surface area contributed by atoms with Crippen molar-refractivity contribution in [1.29, 1.82) is 0 Å². The zero-order valence-corrected chi connectivity index (χ0v) is 12.4. The van der Waals surface area contributed by atoms with Gasteiger partial charge in [0.1, 0.15) is 5.60 Å². The Morgan fingerprint density at radius 2 is 1.68 bits per heavy atom. The molecule has 1 heterocycles. The maximum absolute atomic E-state index is 11.9. The summed E-state index contributed by atoms with van der Waals surface area (Å²) in [5, 5.41) is 10.3. The lowest BCUT2D eigenvalue weighted by Gasteiger charge is -2.39. The summed E-state index contributed by atoms with van der Waals surface area (Å²) in [5.41, 5.74) is -0.431. The molecule has 0 radical (unpaired) electrons. The largest absolute Gasteiger partial charge is 0.444 e. The van der Waals surface area contributed by atoms with E-state index in [0.29, 0.717) is 24.9 Å². The SMILES string of the molecule is CC(C)(C)OC(=O)N1CCC(C(O)C2CCC2)CC1. The van der Waals surface area contributed by atoms with Crippen LogP contribution in [0.4, 0.5) is 4.79 Å². The summed E-state index contributed by atoms with van der Waals surface area (Å²) < 4.78 is 5.38. The number of aliphatic hydroxyl groups is 1. The third-order valence-corrected chi connectivity index (χ3v) is 4.31. The number of carbonyl (C=O) groups is 1. The lowest BCUT2D eigenvalue weighted by atomic mass is 9.74. The van der Waals surface area contributed by atoms with E-state index in [1.807, 2.05) is 20.8 Å². The number of amides is 1. The Morgan fingerprint density at radius 1 is 1.16 bits per heavy atom. The van der Waals surface area contributed by atoms with Gasteiger partial charge in [0.15, 0.2) is 0 Å². The lowest BCUT2D eigenvalue weighted by Crippen LogP contribution is -2.45. The van der Waals surface area contributed by atoms with Gasteiger partial charge < -0.3 is 14.7 Å². The molecule has 4 heteroatoms. The van der Waals surface area contributed by atoms with Crippen molar-refractivity contribution in [3.8, 4) is 0 Å². The number of piperidine rings is 1. The van der Waals surface area contributed by atoms with Crippen LogP contribution in [0.15, 0.2) is 0 Å². The van der Waals surface area contributed by atoms with E-state index in [9.17, 15) is 9.90 Å². The summed E-state index contributed by atoms with van der Waals surface area (Å²) >= 11 is 0. The molecule has 0 aromatic carbocycles. The number of ether oxygens (including phenoxy) is 1. The van der Waals surface area contributed by atoms with Crippen LogP contribution in [0, 0.1) is 11.8 Å². The van der Waals surface area contributed by atoms with E-state index in [2.05, 4.69) is 0 Å². The Balaban J connectivity index is 1.77. The molecule has 1 aliphatic heterocycles. The summed E-state index contributed by atoms with van der Waals surface area (Å²) in [6, 6.07) is 0. The molecule has 0 aromatic rings. The first-order chi connectivity index (χ1) is 8.87. The summed E-state index contributed by atoms with van der Waals surface area (Å²) in [6.45, 7) is 7.08. The highest BCUT2D eigenvalue weighted by Gasteiger charge is 2.35. The molecule has 2 aliphatic rings. The van der Waals surface area contributed by atoms with Gasteiger partial charge in [-0.1, -0.05) is 6.42 Å². The second kappa shape index (κ2) is 5.70. The van der Waals surface area contributed by atoms with Crippen molar-refractivity contribution in [2.24, 2.45) is 11.8 Å². The fraction of sp³-hybridized carbons (Fsp3) is 0.933. The minimum absolute atomic E-state index is 0.158. The van der Waals surface area contributed by atoms with Gasteiger partial charge in [0.05, 0.1) is 6.10 Å². The number of nitrogens with zero attached hydrogens (tertiary/aromatic N) is 1. The van der Waals surface area contributed by atoms with E-state index in [1.165, 1.54) is 19.3 Å². The van der Waals surface area contributed by atoms with Crippen LogP contribution in [0.1, 0.15) is 52.9 Å². The van der Waals surface area contributed by atoms with Crippen molar-refractivity contribution in [1.82, 2.24) is 4.90 Å². The molecular weight excluding hydrogens is 242 g/mol. The monoisotopic (exact) mass is 269 g/mol. The number of likely N-dealkylation sites (tertiary alicyclic amines) is 1. The van der Waals surface area contributed by atoms with Gasteiger partial charge in [-0.2, -0.15) is 0 Å². The predicted octanol–water partition coefficient (Wildman–Crippen LogP) is 2.79. The molecule has 1 amide bonds. The van der Waals surface area contributed by atoms with E-state index >= 15 is 0 Å². The Hall–Kier alpha value is -0.770. The molecule has 2 fully saturated rings. The Morgan fingerprint density at radius 3 is 2.11 bits per heavy atom. The number of rotatable bonds is 2. The van der Waals surface area contributed by atoms with Crippen molar-refractivity contribution in [2.45, 2.75) is 64.6 Å². The third kappa shape index (κ3) is 3.85. The molecule has 4 nitrogen and oxygen atoms in total. The zero-order valence-electron chi connectivity index (χ0n) is 12.4. The predicted molar refractivity (Wildman–Crippen MR) is 73.9 cm³/mol. The van der Waals surface area contributed by atoms with Gasteiger partial charge in [0, 0.05) is 13.1 Å². The number of hydrogen-bond acceptors (Lipinski definition) is 3. The minimum Gasteiger partial charge on any atom is -0.444 e. The maximum atomic E-state index is 11.9. The van der Waals surface area contributed by atoms with Gasteiger partial charge in [0.25, 0.3) is 0 Å². The quantitative estimate of drug-likeness (QED) is 0.838. The smallest absolute Gasteiger partial charge is 0.410 e. The van der Waals surface area contributed by atoms with Crippen molar-refractivity contribution in [3.63, 3.8) is 0 Å². The van der Waals surface area contributed by atoms with Gasteiger partial charge >= 0.3 is 6.09 Å². The third-order valence-electron chi connectivity index (χ3n) is 4.31. The van der Waals surface area contributed by atoms with Crippen LogP contribution in [0.5, 0.6) is 0 Å². The molecule has 0 aromatic heterocycles. The van der Waals surface area contributed by atoms with Crippen molar-refractivity contribution < 1.29 is 14.6 Å². The molecule has 1 atom stereocenters. The molecular formula is C15H27NO3. The topological polar surface area (TPSA) is 49.8 Å². The van der Waals surface area contributed by atoms with Crippen LogP contribution in [-0.4, -0.2) is 40.9 Å². The molecule has 110 valence electrons. The van der Waals surface area contributed by atoms with Crippen LogP contribution >= 0.6 is 0 Å². The summed E-state index contributed by atoms with van der Waals surface area (Å²) in [7, 11) is 0. The highest BCUT2D eigenvalue weighted by Crippen LogP contribution is 2.36. The Kier molecular flexibility index (Phi) is 4.39. The zero-order chi connectivity index (χ0) is 14.0. The highest BCUT2D eigenvalue weighted by molar-refractivity contribution is 5.68. The molecule has 1 aliphatic carbocycles. The standard InChI is InChI=1S/C15H27NO3/c1-15(2,3)19-14(18)16-9-7-12(8-10-16)13(17)11-5-4-6-11/h11-13,17H,4-10H2,1-3H3. The number of carbonyl (C=O) groups excluding carboxylic acids is 1. The van der Waals surface area contributed by atoms with E-state index < -0.39 is 5.60 Å². The first-order valence-corrected chi connectivity index (χ1v) is 7.53. The Bertz CT molecular complexity index is 312. The summed E-state index contributed by atoms with van der Waals surface area (Å²) in [5.74, 6) is 0.877. The van der Waals surface area contributed by atoms with Crippen molar-refractivity contribution in [3.05, 3.63) is 0 Å². The number of aliphatic hydroxyl groups excluding tert-OH is 1. The van der Waals surface area contributed by atoms with Gasteiger partial charge in [-0.25, -0.2) is 4.79 Å². The van der Waals surface area contributed by atoms with Crippen LogP contribution in [0.2, 0.25) is 0 Å². The molecule has 0 bridgehead atoms. The van der Waals surface area contributed by atoms with Crippen LogP contribution in [-0.2, 0) is 4.74 Å². The summed E-state index contributed by atoms with van der Waals surface area (Å²) in [4.78, 5) is 13.7. The first kappa shape index (κ1) is 14.6. The second-order valence-electron chi connectivity index (χ2n) is 6.99. The average Bonchev–Trinajstić information content (AvgIpc) is 2.24. The van der Waals surface area contributed by atoms with E-state index in [4.69, 9.17) is 4.74 Å². The molecule has 1 saturated carbocycles. The van der Waals surface area contributed by atoms with Crippen LogP contribution in [0.25, 0.3) is 0 Å². The molecule has 0 spiro atoms. The minimum atomic E-state index is -0.431. The van der Waals surface area contributed by atoms with E-state index in [0.717, 1.165) is 12.8 Å². The molecule has 1 unspecified atom stereocenters. The fourth-order valence-corrected chi connectivity index (χ4v) is 2.92. The molecule has 19 heavy (non-hydrogen) atoms. The van der Waals surface area contributed by atoms with Crippen molar-refractivity contribution >= 4 is 6.09 Å². The van der Waals surface area contributed by atoms with Gasteiger partial charge in [0.2, 0.25) is 0 Å². The molecule has 1 N–H and O–H groups in total. The van der Waals surface area contributed by atoms with Crippen LogP contribution in [0.3, 0.4) is 0 Å².